The van der Waals surface area contributed by atoms with Crippen LogP contribution in [0.1, 0.15) is 19.3 Å². The molecule has 0 saturated carbocycles. The quantitative estimate of drug-likeness (QED) is 0.676. The van der Waals surface area contributed by atoms with Crippen molar-refractivity contribution in [2.75, 3.05) is 26.2 Å². The molecule has 0 aliphatic carbocycles. The summed E-state index contributed by atoms with van der Waals surface area (Å²) in [4.78, 5) is 0. The van der Waals surface area contributed by atoms with Crippen molar-refractivity contribution in [3.8, 4) is 0 Å². The number of nitrogens with one attached hydrogen (secondary N) is 1. The lowest BCUT2D eigenvalue weighted by molar-refractivity contribution is 0.467. The predicted molar refractivity (Wildman–Crippen MR) is 51.0 cm³/mol. The van der Waals surface area contributed by atoms with Crippen molar-refractivity contribution in [3.05, 3.63) is 0 Å². The van der Waals surface area contributed by atoms with Gasteiger partial charge in [0.1, 0.15) is 0 Å². The molecule has 76 valence electrons. The van der Waals surface area contributed by atoms with Crippen LogP contribution in [0, 0.1) is 0 Å². The summed E-state index contributed by atoms with van der Waals surface area (Å²) in [7, 11) is -2.97. The molecule has 2 aliphatic heterocycles. The van der Waals surface area contributed by atoms with E-state index in [4.69, 9.17) is 0 Å². The Morgan fingerprint density at radius 2 is 1.92 bits per heavy atom. The van der Waals surface area contributed by atoms with Gasteiger partial charge in [0.25, 0.3) is 0 Å². The van der Waals surface area contributed by atoms with Gasteiger partial charge in [0.05, 0.1) is 5.25 Å². The molecule has 0 bridgehead atoms. The Hall–Kier alpha value is -0.130. The molecule has 2 aliphatic rings. The molecule has 1 atom stereocenters. The average Bonchev–Trinajstić information content (AvgIpc) is 2.78. The van der Waals surface area contributed by atoms with Crippen LogP contribution < -0.4 is 5.32 Å². The van der Waals surface area contributed by atoms with Gasteiger partial charge in [-0.1, -0.05) is 0 Å². The first-order chi connectivity index (χ1) is 6.21. The monoisotopic (exact) mass is 204 g/mol. The maximum Gasteiger partial charge on any atom is 0.218 e. The lowest BCUT2D eigenvalue weighted by atomic mass is 10.4. The summed E-state index contributed by atoms with van der Waals surface area (Å²) in [6.07, 6.45) is 2.83. The summed E-state index contributed by atoms with van der Waals surface area (Å²) in [5.41, 5.74) is 0. The minimum Gasteiger partial charge on any atom is -0.315 e. The van der Waals surface area contributed by atoms with Gasteiger partial charge in [-0.3, -0.25) is 0 Å². The Bertz CT molecular complexity index is 242. The van der Waals surface area contributed by atoms with E-state index in [0.29, 0.717) is 6.54 Å². The third-order valence-electron chi connectivity index (χ3n) is 2.86. The highest BCUT2D eigenvalue weighted by molar-refractivity contribution is 7.89. The molecule has 2 heterocycles. The summed E-state index contributed by atoms with van der Waals surface area (Å²) in [5, 5.41) is 2.93. The molecular weight excluding hydrogens is 188 g/mol. The van der Waals surface area contributed by atoms with E-state index < -0.39 is 10.0 Å². The van der Waals surface area contributed by atoms with Crippen molar-refractivity contribution in [2.45, 2.75) is 24.5 Å². The van der Waals surface area contributed by atoms with Crippen molar-refractivity contribution < 1.29 is 8.42 Å². The van der Waals surface area contributed by atoms with Crippen LogP contribution >= 0.6 is 0 Å². The molecule has 13 heavy (non-hydrogen) atoms. The Morgan fingerprint density at radius 3 is 2.46 bits per heavy atom. The fourth-order valence-corrected chi connectivity index (χ4v) is 3.97. The zero-order valence-electron chi connectivity index (χ0n) is 7.70. The third kappa shape index (κ3) is 1.73. The van der Waals surface area contributed by atoms with Crippen LogP contribution in [0.3, 0.4) is 0 Å². The third-order valence-corrected chi connectivity index (χ3v) is 5.19. The summed E-state index contributed by atoms with van der Waals surface area (Å²) in [5.74, 6) is 0. The van der Waals surface area contributed by atoms with Gasteiger partial charge in [0.2, 0.25) is 10.0 Å². The number of hydrogen-bond donors (Lipinski definition) is 1. The van der Waals surface area contributed by atoms with Gasteiger partial charge in [-0.15, -0.1) is 0 Å². The molecule has 0 aromatic carbocycles. The molecule has 2 rings (SSSR count). The van der Waals surface area contributed by atoms with E-state index in [1.54, 1.807) is 4.31 Å². The standard InChI is InChI=1S/C8H16N2O2S/c11-13(12,8-3-4-9-7-8)10-5-1-2-6-10/h8-9H,1-7H2. The van der Waals surface area contributed by atoms with Crippen LogP contribution in [0.5, 0.6) is 0 Å². The zero-order chi connectivity index (χ0) is 9.31. The van der Waals surface area contributed by atoms with Crippen LogP contribution in [-0.2, 0) is 10.0 Å². The number of rotatable bonds is 2. The minimum absolute atomic E-state index is 0.161. The van der Waals surface area contributed by atoms with Crippen LogP contribution in [0.15, 0.2) is 0 Å². The molecule has 1 unspecified atom stereocenters. The molecule has 4 nitrogen and oxygen atoms in total. The fraction of sp³-hybridized carbons (Fsp3) is 1.00. The van der Waals surface area contributed by atoms with Crippen molar-refractivity contribution in [1.29, 1.82) is 0 Å². The number of hydrogen-bond acceptors (Lipinski definition) is 3. The highest BCUT2D eigenvalue weighted by Gasteiger charge is 2.35. The van der Waals surface area contributed by atoms with E-state index >= 15 is 0 Å². The second-order valence-corrected chi connectivity index (χ2v) is 5.98. The minimum atomic E-state index is -2.97. The fourth-order valence-electron chi connectivity index (χ4n) is 2.04. The van der Waals surface area contributed by atoms with E-state index in [0.717, 1.165) is 38.9 Å². The van der Waals surface area contributed by atoms with Crippen LogP contribution in [0.4, 0.5) is 0 Å². The van der Waals surface area contributed by atoms with Crippen molar-refractivity contribution in [3.63, 3.8) is 0 Å². The first kappa shape index (κ1) is 9.43. The number of nitrogens with zero attached hydrogens (tertiary/aromatic N) is 1. The summed E-state index contributed by atoms with van der Waals surface area (Å²) in [6, 6.07) is 0. The number of sulfonamides is 1. The second kappa shape index (κ2) is 3.55. The van der Waals surface area contributed by atoms with Gasteiger partial charge < -0.3 is 5.32 Å². The molecular formula is C8H16N2O2S. The topological polar surface area (TPSA) is 49.4 Å². The van der Waals surface area contributed by atoms with E-state index in [9.17, 15) is 8.42 Å². The van der Waals surface area contributed by atoms with Crippen molar-refractivity contribution >= 4 is 10.0 Å². The van der Waals surface area contributed by atoms with Gasteiger partial charge in [-0.05, 0) is 25.8 Å². The van der Waals surface area contributed by atoms with Crippen molar-refractivity contribution in [2.24, 2.45) is 0 Å². The Morgan fingerprint density at radius 1 is 1.23 bits per heavy atom. The summed E-state index contributed by atoms with van der Waals surface area (Å²) >= 11 is 0. The van der Waals surface area contributed by atoms with Gasteiger partial charge in [0.15, 0.2) is 0 Å². The molecule has 0 radical (unpaired) electrons. The van der Waals surface area contributed by atoms with E-state index in [2.05, 4.69) is 5.32 Å². The average molecular weight is 204 g/mol. The maximum atomic E-state index is 11.9. The molecule has 5 heteroatoms. The normalized spacial score (nSPS) is 31.2. The Balaban J connectivity index is 2.09. The first-order valence-electron chi connectivity index (χ1n) is 4.91. The zero-order valence-corrected chi connectivity index (χ0v) is 8.52. The highest BCUT2D eigenvalue weighted by Crippen LogP contribution is 2.19. The smallest absolute Gasteiger partial charge is 0.218 e. The van der Waals surface area contributed by atoms with E-state index in [1.807, 2.05) is 0 Å². The summed E-state index contributed by atoms with van der Waals surface area (Å²) in [6.45, 7) is 2.95. The van der Waals surface area contributed by atoms with Crippen LogP contribution in [-0.4, -0.2) is 44.2 Å². The Labute approximate surface area is 79.4 Å². The largest absolute Gasteiger partial charge is 0.315 e. The molecule has 0 aromatic rings. The van der Waals surface area contributed by atoms with Gasteiger partial charge in [-0.25, -0.2) is 12.7 Å². The summed E-state index contributed by atoms with van der Waals surface area (Å²) < 4.78 is 25.5. The molecule has 2 fully saturated rings. The maximum absolute atomic E-state index is 11.9. The molecule has 0 aromatic heterocycles. The van der Waals surface area contributed by atoms with Gasteiger partial charge in [-0.2, -0.15) is 0 Å². The Kier molecular flexibility index (Phi) is 2.58. The first-order valence-corrected chi connectivity index (χ1v) is 6.41. The molecule has 1 N–H and O–H groups in total. The van der Waals surface area contributed by atoms with Crippen molar-refractivity contribution in [1.82, 2.24) is 9.62 Å². The van der Waals surface area contributed by atoms with E-state index in [1.165, 1.54) is 0 Å². The lowest BCUT2D eigenvalue weighted by Gasteiger charge is -2.19. The van der Waals surface area contributed by atoms with Gasteiger partial charge in [0, 0.05) is 19.6 Å². The lowest BCUT2D eigenvalue weighted by Crippen LogP contribution is -2.37. The van der Waals surface area contributed by atoms with Crippen LogP contribution in [0.2, 0.25) is 0 Å². The highest BCUT2D eigenvalue weighted by atomic mass is 32.2. The SMILES string of the molecule is O=S(=O)(C1CCNC1)N1CCCC1. The predicted octanol–water partition coefficient (Wildman–Crippen LogP) is -0.226. The molecule has 2 saturated heterocycles. The van der Waals surface area contributed by atoms with Gasteiger partial charge >= 0.3 is 0 Å². The molecule has 0 amide bonds. The second-order valence-electron chi connectivity index (χ2n) is 3.77. The van der Waals surface area contributed by atoms with E-state index in [-0.39, 0.29) is 5.25 Å². The molecule has 0 spiro atoms. The van der Waals surface area contributed by atoms with Crippen LogP contribution in [0.25, 0.3) is 0 Å².